The average Bonchev–Trinajstić information content (AvgIpc) is 2.91. The molecule has 0 bridgehead atoms. The van der Waals surface area contributed by atoms with Gasteiger partial charge in [0.2, 0.25) is 11.2 Å². The van der Waals surface area contributed by atoms with E-state index in [-0.39, 0.29) is 11.4 Å². The van der Waals surface area contributed by atoms with Crippen LogP contribution in [0.2, 0.25) is 5.28 Å². The van der Waals surface area contributed by atoms with Crippen molar-refractivity contribution in [2.24, 2.45) is 0 Å². The van der Waals surface area contributed by atoms with Crippen molar-refractivity contribution >= 4 is 17.5 Å². The third-order valence-electron chi connectivity index (χ3n) is 2.43. The summed E-state index contributed by atoms with van der Waals surface area (Å²) in [5.74, 6) is 0.789. The van der Waals surface area contributed by atoms with Gasteiger partial charge in [0.15, 0.2) is 0 Å². The molecule has 8 nitrogen and oxygen atoms in total. The van der Waals surface area contributed by atoms with Crippen molar-refractivity contribution in [2.75, 3.05) is 25.1 Å². The molecular formula is C11H16ClN7O. The quantitative estimate of drug-likeness (QED) is 0.785. The highest BCUT2D eigenvalue weighted by Gasteiger charge is 2.11. The summed E-state index contributed by atoms with van der Waals surface area (Å²) >= 11 is 5.91. The second kappa shape index (κ2) is 6.58. The molecule has 0 amide bonds. The average molecular weight is 298 g/mol. The van der Waals surface area contributed by atoms with Gasteiger partial charge < -0.3 is 9.64 Å². The fraction of sp³-hybridized carbons (Fsp3) is 0.545. The van der Waals surface area contributed by atoms with Crippen molar-refractivity contribution in [1.29, 1.82) is 0 Å². The lowest BCUT2D eigenvalue weighted by Gasteiger charge is -2.18. The fourth-order valence-electron chi connectivity index (χ4n) is 1.44. The molecule has 2 aromatic heterocycles. The zero-order valence-corrected chi connectivity index (χ0v) is 12.3. The zero-order chi connectivity index (χ0) is 14.5. The molecule has 20 heavy (non-hydrogen) atoms. The molecule has 0 unspecified atom stereocenters. The Morgan fingerprint density at radius 2 is 2.15 bits per heavy atom. The number of halogens is 1. The molecule has 108 valence electrons. The Bertz CT molecular complexity index is 546. The Morgan fingerprint density at radius 1 is 1.35 bits per heavy atom. The predicted octanol–water partition coefficient (Wildman–Crippen LogP) is 0.967. The van der Waals surface area contributed by atoms with Gasteiger partial charge in [-0.1, -0.05) is 0 Å². The van der Waals surface area contributed by atoms with Gasteiger partial charge in [-0.3, -0.25) is 0 Å². The molecule has 2 heterocycles. The highest BCUT2D eigenvalue weighted by Crippen LogP contribution is 2.11. The van der Waals surface area contributed by atoms with Gasteiger partial charge in [-0.25, -0.2) is 4.98 Å². The van der Waals surface area contributed by atoms with Crippen molar-refractivity contribution in [3.8, 4) is 5.95 Å². The van der Waals surface area contributed by atoms with Crippen LogP contribution in [0.5, 0.6) is 0 Å². The normalized spacial score (nSPS) is 11.1. The van der Waals surface area contributed by atoms with Crippen LogP contribution < -0.4 is 4.90 Å². The van der Waals surface area contributed by atoms with Crippen molar-refractivity contribution in [3.63, 3.8) is 0 Å². The van der Waals surface area contributed by atoms with Crippen LogP contribution in [0.3, 0.4) is 0 Å². The summed E-state index contributed by atoms with van der Waals surface area (Å²) in [5, 5.41) is 4.07. The molecule has 0 aliphatic rings. The monoisotopic (exact) mass is 297 g/mol. The Labute approximate surface area is 121 Å². The standard InChI is InChI=1S/C11H16ClN7O/c1-8(2)20-5-4-18(3)10-15-9(12)16-11(17-10)19-7-13-6-14-19/h6-8H,4-5H2,1-3H3. The first-order valence-electron chi connectivity index (χ1n) is 6.15. The van der Waals surface area contributed by atoms with Crippen LogP contribution >= 0.6 is 11.6 Å². The van der Waals surface area contributed by atoms with E-state index in [0.717, 1.165) is 0 Å². The molecule has 0 fully saturated rings. The van der Waals surface area contributed by atoms with Crippen LogP contribution in [0.15, 0.2) is 12.7 Å². The van der Waals surface area contributed by atoms with Crippen LogP contribution in [0.25, 0.3) is 5.95 Å². The van der Waals surface area contributed by atoms with Crippen LogP contribution in [-0.2, 0) is 4.74 Å². The van der Waals surface area contributed by atoms with E-state index >= 15 is 0 Å². The van der Waals surface area contributed by atoms with E-state index in [4.69, 9.17) is 16.3 Å². The molecule has 0 aromatic carbocycles. The topological polar surface area (TPSA) is 81.9 Å². The number of nitrogens with zero attached hydrogens (tertiary/aromatic N) is 7. The van der Waals surface area contributed by atoms with Gasteiger partial charge in [-0.05, 0) is 25.4 Å². The van der Waals surface area contributed by atoms with Crippen LogP contribution in [0.1, 0.15) is 13.8 Å². The molecule has 9 heteroatoms. The molecule has 0 saturated carbocycles. The van der Waals surface area contributed by atoms with Crippen molar-refractivity contribution in [1.82, 2.24) is 29.7 Å². The minimum Gasteiger partial charge on any atom is -0.377 e. The number of rotatable bonds is 6. The van der Waals surface area contributed by atoms with E-state index in [0.29, 0.717) is 25.0 Å². The Kier molecular flexibility index (Phi) is 4.80. The van der Waals surface area contributed by atoms with E-state index in [9.17, 15) is 0 Å². The molecule has 2 rings (SSSR count). The molecule has 0 aliphatic carbocycles. The maximum absolute atomic E-state index is 5.91. The lowest BCUT2D eigenvalue weighted by Crippen LogP contribution is -2.26. The Morgan fingerprint density at radius 3 is 2.80 bits per heavy atom. The van der Waals surface area contributed by atoms with Crippen molar-refractivity contribution in [3.05, 3.63) is 17.9 Å². The summed E-state index contributed by atoms with van der Waals surface area (Å²) in [6.45, 7) is 5.21. The maximum atomic E-state index is 5.91. The molecule has 0 saturated heterocycles. The van der Waals surface area contributed by atoms with Crippen LogP contribution in [-0.4, -0.2) is 56.0 Å². The third kappa shape index (κ3) is 3.84. The second-order valence-corrected chi connectivity index (χ2v) is 4.72. The van der Waals surface area contributed by atoms with Gasteiger partial charge in [-0.15, -0.1) is 0 Å². The van der Waals surface area contributed by atoms with E-state index in [2.05, 4.69) is 25.0 Å². The van der Waals surface area contributed by atoms with Gasteiger partial charge >= 0.3 is 0 Å². The van der Waals surface area contributed by atoms with Crippen LogP contribution in [0.4, 0.5) is 5.95 Å². The molecule has 0 spiro atoms. The molecular weight excluding hydrogens is 282 g/mol. The number of ether oxygens (including phenoxy) is 1. The molecule has 0 aliphatic heterocycles. The van der Waals surface area contributed by atoms with Gasteiger partial charge in [0.25, 0.3) is 5.95 Å². The smallest absolute Gasteiger partial charge is 0.258 e. The van der Waals surface area contributed by atoms with E-state index in [1.165, 1.54) is 17.3 Å². The van der Waals surface area contributed by atoms with E-state index in [1.54, 1.807) is 0 Å². The summed E-state index contributed by atoms with van der Waals surface area (Å²) in [6, 6.07) is 0. The number of anilines is 1. The number of hydrogen-bond donors (Lipinski definition) is 0. The molecule has 0 atom stereocenters. The predicted molar refractivity (Wildman–Crippen MR) is 74.1 cm³/mol. The lowest BCUT2D eigenvalue weighted by atomic mass is 10.5. The summed E-state index contributed by atoms with van der Waals surface area (Å²) < 4.78 is 6.92. The summed E-state index contributed by atoms with van der Waals surface area (Å²) in [6.07, 6.45) is 3.09. The number of hydrogen-bond acceptors (Lipinski definition) is 7. The minimum atomic E-state index is 0.108. The Hall–Kier alpha value is -1.80. The highest BCUT2D eigenvalue weighted by molar-refractivity contribution is 6.28. The lowest BCUT2D eigenvalue weighted by molar-refractivity contribution is 0.0844. The first-order valence-corrected chi connectivity index (χ1v) is 6.53. The summed E-state index contributed by atoms with van der Waals surface area (Å²) in [4.78, 5) is 18.1. The molecule has 2 aromatic rings. The summed E-state index contributed by atoms with van der Waals surface area (Å²) in [5.41, 5.74) is 0. The highest BCUT2D eigenvalue weighted by atomic mass is 35.5. The SMILES string of the molecule is CC(C)OCCN(C)c1nc(Cl)nc(-n2cncn2)n1. The number of aromatic nitrogens is 6. The van der Waals surface area contributed by atoms with Crippen LogP contribution in [0, 0.1) is 0 Å². The van der Waals surface area contributed by atoms with E-state index < -0.39 is 0 Å². The summed E-state index contributed by atoms with van der Waals surface area (Å²) in [7, 11) is 1.86. The maximum Gasteiger partial charge on any atom is 0.258 e. The van der Waals surface area contributed by atoms with Gasteiger partial charge in [0, 0.05) is 13.6 Å². The third-order valence-corrected chi connectivity index (χ3v) is 2.60. The van der Waals surface area contributed by atoms with Gasteiger partial charge in [-0.2, -0.15) is 24.7 Å². The second-order valence-electron chi connectivity index (χ2n) is 4.39. The Balaban J connectivity index is 2.11. The van der Waals surface area contributed by atoms with E-state index in [1.807, 2.05) is 25.8 Å². The first-order chi connectivity index (χ1) is 9.56. The first kappa shape index (κ1) is 14.6. The number of likely N-dealkylation sites (N-methyl/N-ethyl adjacent to an activating group) is 1. The fourth-order valence-corrected chi connectivity index (χ4v) is 1.59. The van der Waals surface area contributed by atoms with Gasteiger partial charge in [0.05, 0.1) is 12.7 Å². The largest absolute Gasteiger partial charge is 0.377 e. The van der Waals surface area contributed by atoms with Crippen molar-refractivity contribution < 1.29 is 4.74 Å². The molecule has 0 radical (unpaired) electrons. The molecule has 0 N–H and O–H groups in total. The minimum absolute atomic E-state index is 0.108. The zero-order valence-electron chi connectivity index (χ0n) is 11.6. The van der Waals surface area contributed by atoms with Gasteiger partial charge in [0.1, 0.15) is 12.7 Å². The van der Waals surface area contributed by atoms with Crippen molar-refractivity contribution in [2.45, 2.75) is 20.0 Å².